The van der Waals surface area contributed by atoms with E-state index in [9.17, 15) is 23.1 Å². The molecule has 0 aromatic heterocycles. The van der Waals surface area contributed by atoms with Crippen molar-refractivity contribution in [2.24, 2.45) is 5.92 Å². The van der Waals surface area contributed by atoms with Crippen LogP contribution in [0.15, 0.2) is 47.4 Å². The summed E-state index contributed by atoms with van der Waals surface area (Å²) in [5, 5.41) is 9.77. The molecule has 1 fully saturated rings. The van der Waals surface area contributed by atoms with Crippen molar-refractivity contribution >= 4 is 33.3 Å². The molecule has 0 aliphatic carbocycles. The number of rotatable bonds is 9. The molecular formula is C23H28N2O7S. The Morgan fingerprint density at radius 1 is 1.12 bits per heavy atom. The van der Waals surface area contributed by atoms with E-state index in [-0.39, 0.29) is 28.0 Å². The first-order valence-corrected chi connectivity index (χ1v) is 12.3. The molecule has 33 heavy (non-hydrogen) atoms. The highest BCUT2D eigenvalue weighted by Gasteiger charge is 2.29. The lowest BCUT2D eigenvalue weighted by atomic mass is 9.97. The third-order valence-corrected chi connectivity index (χ3v) is 6.70. The number of benzene rings is 2. The fraction of sp³-hybridized carbons (Fsp3) is 0.391. The molecule has 1 aliphatic rings. The molecule has 1 saturated heterocycles. The maximum Gasteiger partial charge on any atom is 0.337 e. The van der Waals surface area contributed by atoms with Gasteiger partial charge in [0, 0.05) is 18.8 Å². The third kappa shape index (κ3) is 5.95. The van der Waals surface area contributed by atoms with E-state index in [2.05, 4.69) is 4.72 Å². The quantitative estimate of drug-likeness (QED) is 0.528. The minimum absolute atomic E-state index is 0.0280. The van der Waals surface area contributed by atoms with Crippen molar-refractivity contribution in [3.05, 3.63) is 48.0 Å². The number of nitrogens with zero attached hydrogens (tertiary/aromatic N) is 1. The predicted octanol–water partition coefficient (Wildman–Crippen LogP) is 3.36. The van der Waals surface area contributed by atoms with Gasteiger partial charge in [0.05, 0.1) is 35.3 Å². The van der Waals surface area contributed by atoms with Gasteiger partial charge in [-0.3, -0.25) is 9.52 Å². The van der Waals surface area contributed by atoms with Crippen molar-refractivity contribution in [3.63, 3.8) is 0 Å². The third-order valence-electron chi connectivity index (χ3n) is 5.31. The van der Waals surface area contributed by atoms with Crippen LogP contribution in [0.5, 0.6) is 5.75 Å². The largest absolute Gasteiger partial charge is 0.494 e. The lowest BCUT2D eigenvalue weighted by Gasteiger charge is -2.34. The maximum atomic E-state index is 12.8. The molecule has 1 aliphatic heterocycles. The van der Waals surface area contributed by atoms with E-state index in [1.165, 1.54) is 24.3 Å². The lowest BCUT2D eigenvalue weighted by molar-refractivity contribution is -0.148. The average Bonchev–Trinajstić information content (AvgIpc) is 2.79. The molecule has 0 unspecified atom stereocenters. The highest BCUT2D eigenvalue weighted by molar-refractivity contribution is 7.92. The summed E-state index contributed by atoms with van der Waals surface area (Å²) in [6.45, 7) is 5.26. The second-order valence-corrected chi connectivity index (χ2v) is 9.27. The Labute approximate surface area is 193 Å². The van der Waals surface area contributed by atoms with E-state index in [0.717, 1.165) is 0 Å². The van der Waals surface area contributed by atoms with Crippen LogP contribution in [0.25, 0.3) is 0 Å². The van der Waals surface area contributed by atoms with Gasteiger partial charge in [-0.2, -0.15) is 0 Å². The van der Waals surface area contributed by atoms with E-state index < -0.39 is 16.0 Å². The maximum absolute atomic E-state index is 12.8. The number of nitrogens with one attached hydrogen (secondary N) is 1. The zero-order valence-corrected chi connectivity index (χ0v) is 19.4. The Hall–Kier alpha value is -3.27. The van der Waals surface area contributed by atoms with Gasteiger partial charge in [-0.05, 0) is 69.2 Å². The zero-order valence-electron chi connectivity index (χ0n) is 18.6. The van der Waals surface area contributed by atoms with Crippen molar-refractivity contribution in [3.8, 4) is 5.75 Å². The summed E-state index contributed by atoms with van der Waals surface area (Å²) in [5.74, 6) is -1.26. The first-order valence-electron chi connectivity index (χ1n) is 10.8. The standard InChI is InChI=1S/C23H28N2O7S/c1-3-31-18-8-10-19(11-9-18)33(29,30)24-17-7-12-21(20(14-17)22(26)27)25-13-5-6-16(15-25)23(28)32-4-2/h7-12,14,16,24H,3-6,13,15H2,1-2H3,(H,26,27)/t16-/m1/s1. The van der Waals surface area contributed by atoms with Crippen LogP contribution in [-0.2, 0) is 19.6 Å². The molecule has 0 saturated carbocycles. The van der Waals surface area contributed by atoms with Crippen LogP contribution in [0.3, 0.4) is 0 Å². The summed E-state index contributed by atoms with van der Waals surface area (Å²) in [6, 6.07) is 10.3. The van der Waals surface area contributed by atoms with Crippen LogP contribution in [0.1, 0.15) is 37.0 Å². The van der Waals surface area contributed by atoms with Crippen molar-refractivity contribution in [1.82, 2.24) is 0 Å². The Morgan fingerprint density at radius 2 is 1.85 bits per heavy atom. The van der Waals surface area contributed by atoms with Crippen LogP contribution >= 0.6 is 0 Å². The van der Waals surface area contributed by atoms with Crippen molar-refractivity contribution in [2.75, 3.05) is 35.9 Å². The average molecular weight is 477 g/mol. The van der Waals surface area contributed by atoms with Gasteiger partial charge >= 0.3 is 11.9 Å². The minimum atomic E-state index is -3.92. The second kappa shape index (κ2) is 10.6. The van der Waals surface area contributed by atoms with Crippen LogP contribution in [0, 0.1) is 5.92 Å². The van der Waals surface area contributed by atoms with Crippen LogP contribution < -0.4 is 14.4 Å². The van der Waals surface area contributed by atoms with Crippen LogP contribution in [0.4, 0.5) is 11.4 Å². The highest BCUT2D eigenvalue weighted by atomic mass is 32.2. The summed E-state index contributed by atoms with van der Waals surface area (Å²) >= 11 is 0. The molecule has 2 aromatic carbocycles. The van der Waals surface area contributed by atoms with Crippen molar-refractivity contribution in [1.29, 1.82) is 0 Å². The first kappa shape index (κ1) is 24.4. The summed E-state index contributed by atoms with van der Waals surface area (Å²) in [6.07, 6.45) is 1.40. The number of hydrogen-bond acceptors (Lipinski definition) is 7. The fourth-order valence-corrected chi connectivity index (χ4v) is 4.84. The SMILES string of the molecule is CCOC(=O)[C@@H]1CCCN(c2ccc(NS(=O)(=O)c3ccc(OCC)cc3)cc2C(=O)O)C1. The number of carbonyl (C=O) groups excluding carboxylic acids is 1. The number of esters is 1. The van der Waals surface area contributed by atoms with Crippen LogP contribution in [-0.4, -0.2) is 51.8 Å². The molecule has 0 spiro atoms. The molecule has 2 aromatic rings. The Morgan fingerprint density at radius 3 is 2.48 bits per heavy atom. The molecule has 9 nitrogen and oxygen atoms in total. The molecule has 0 radical (unpaired) electrons. The number of ether oxygens (including phenoxy) is 2. The molecule has 1 heterocycles. The molecule has 178 valence electrons. The highest BCUT2D eigenvalue weighted by Crippen LogP contribution is 2.30. The topological polar surface area (TPSA) is 122 Å². The Kier molecular flexibility index (Phi) is 7.80. The molecular weight excluding hydrogens is 448 g/mol. The number of hydrogen-bond donors (Lipinski definition) is 2. The van der Waals surface area contributed by atoms with E-state index in [1.807, 2.05) is 11.8 Å². The first-order chi connectivity index (χ1) is 15.7. The van der Waals surface area contributed by atoms with E-state index in [4.69, 9.17) is 9.47 Å². The van der Waals surface area contributed by atoms with Gasteiger partial charge in [0.25, 0.3) is 10.0 Å². The fourth-order valence-electron chi connectivity index (χ4n) is 3.79. The van der Waals surface area contributed by atoms with Gasteiger partial charge in [0.15, 0.2) is 0 Å². The number of sulfonamides is 1. The second-order valence-electron chi connectivity index (χ2n) is 7.58. The molecule has 10 heteroatoms. The summed E-state index contributed by atoms with van der Waals surface area (Å²) < 4.78 is 38.4. The number of carbonyl (C=O) groups is 2. The normalized spacial score (nSPS) is 16.2. The molecule has 0 amide bonds. The van der Waals surface area contributed by atoms with Crippen LogP contribution in [0.2, 0.25) is 0 Å². The lowest BCUT2D eigenvalue weighted by Crippen LogP contribution is -2.40. The number of carboxylic acids is 1. The van der Waals surface area contributed by atoms with E-state index in [1.54, 1.807) is 25.1 Å². The summed E-state index contributed by atoms with van der Waals surface area (Å²) in [5.41, 5.74) is 0.510. The van der Waals surface area contributed by atoms with Gasteiger partial charge in [0.1, 0.15) is 5.75 Å². The van der Waals surface area contributed by atoms with Gasteiger partial charge in [-0.15, -0.1) is 0 Å². The summed E-state index contributed by atoms with van der Waals surface area (Å²) in [7, 11) is -3.92. The zero-order chi connectivity index (χ0) is 24.0. The number of carboxylic acid groups (broad SMARTS) is 1. The van der Waals surface area contributed by atoms with E-state index >= 15 is 0 Å². The number of piperidine rings is 1. The Balaban J connectivity index is 1.82. The Bertz CT molecular complexity index is 1100. The van der Waals surface area contributed by atoms with Gasteiger partial charge in [-0.1, -0.05) is 0 Å². The molecule has 3 rings (SSSR count). The molecule has 2 N–H and O–H groups in total. The number of aromatic carboxylic acids is 1. The smallest absolute Gasteiger partial charge is 0.337 e. The van der Waals surface area contributed by atoms with Gasteiger partial charge in [0.2, 0.25) is 0 Å². The van der Waals surface area contributed by atoms with Crippen molar-refractivity contribution < 1.29 is 32.6 Å². The van der Waals surface area contributed by atoms with Gasteiger partial charge in [-0.25, -0.2) is 13.2 Å². The molecule has 1 atom stereocenters. The van der Waals surface area contributed by atoms with Gasteiger partial charge < -0.3 is 19.5 Å². The summed E-state index contributed by atoms with van der Waals surface area (Å²) in [4.78, 5) is 26.0. The molecule has 0 bridgehead atoms. The monoisotopic (exact) mass is 476 g/mol. The predicted molar refractivity (Wildman–Crippen MR) is 123 cm³/mol. The number of anilines is 2. The van der Waals surface area contributed by atoms with Crippen molar-refractivity contribution in [2.45, 2.75) is 31.6 Å². The minimum Gasteiger partial charge on any atom is -0.494 e. The van der Waals surface area contributed by atoms with E-state index in [0.29, 0.717) is 50.6 Å².